The Kier molecular flexibility index (Phi) is 4.09. The van der Waals surface area contributed by atoms with E-state index in [-0.39, 0.29) is 18.1 Å². The minimum absolute atomic E-state index is 0.0383. The molecule has 1 aliphatic rings. The SMILES string of the molecule is Cc1ncc(CNC(=O)[C@@H]2CC[C@H](CN)O2)s1. The number of nitrogens with two attached hydrogens (primary N) is 1. The van der Waals surface area contributed by atoms with E-state index in [1.165, 1.54) is 0 Å². The van der Waals surface area contributed by atoms with Crippen LogP contribution < -0.4 is 11.1 Å². The van der Waals surface area contributed by atoms with E-state index in [1.54, 1.807) is 17.5 Å². The molecule has 3 N–H and O–H groups in total. The molecule has 0 bridgehead atoms. The number of aromatic nitrogens is 1. The fourth-order valence-corrected chi connectivity index (χ4v) is 2.58. The number of carbonyl (C=O) groups is 1. The first-order valence-corrected chi connectivity index (χ1v) is 6.55. The van der Waals surface area contributed by atoms with Gasteiger partial charge in [0.05, 0.1) is 17.7 Å². The van der Waals surface area contributed by atoms with Gasteiger partial charge in [-0.25, -0.2) is 4.98 Å². The number of nitrogens with zero attached hydrogens (tertiary/aromatic N) is 1. The summed E-state index contributed by atoms with van der Waals surface area (Å²) < 4.78 is 5.52. The second-order valence-corrected chi connectivity index (χ2v) is 5.44. The van der Waals surface area contributed by atoms with Gasteiger partial charge < -0.3 is 15.8 Å². The topological polar surface area (TPSA) is 77.2 Å². The van der Waals surface area contributed by atoms with Crippen LogP contribution in [-0.2, 0) is 16.1 Å². The van der Waals surface area contributed by atoms with Crippen LogP contribution in [-0.4, -0.2) is 29.6 Å². The maximum Gasteiger partial charge on any atom is 0.249 e. The Labute approximate surface area is 104 Å². The summed E-state index contributed by atoms with van der Waals surface area (Å²) in [5.41, 5.74) is 5.50. The van der Waals surface area contributed by atoms with Crippen molar-refractivity contribution in [1.29, 1.82) is 0 Å². The number of hydrogen-bond acceptors (Lipinski definition) is 5. The fraction of sp³-hybridized carbons (Fsp3) is 0.636. The predicted octanol–water partition coefficient (Wildman–Crippen LogP) is 0.574. The van der Waals surface area contributed by atoms with Crippen molar-refractivity contribution < 1.29 is 9.53 Å². The second-order valence-electron chi connectivity index (χ2n) is 4.12. The van der Waals surface area contributed by atoms with Crippen molar-refractivity contribution in [2.75, 3.05) is 6.54 Å². The van der Waals surface area contributed by atoms with Crippen LogP contribution in [0.5, 0.6) is 0 Å². The molecule has 0 saturated carbocycles. The van der Waals surface area contributed by atoms with Gasteiger partial charge in [0.2, 0.25) is 5.91 Å². The normalized spacial score (nSPS) is 23.9. The zero-order valence-electron chi connectivity index (χ0n) is 9.81. The third-order valence-electron chi connectivity index (χ3n) is 2.77. The monoisotopic (exact) mass is 255 g/mol. The van der Waals surface area contributed by atoms with Gasteiger partial charge in [-0.2, -0.15) is 0 Å². The lowest BCUT2D eigenvalue weighted by atomic mass is 10.2. The van der Waals surface area contributed by atoms with E-state index in [9.17, 15) is 4.79 Å². The number of hydrogen-bond donors (Lipinski definition) is 2. The number of ether oxygens (including phenoxy) is 1. The first kappa shape index (κ1) is 12.5. The lowest BCUT2D eigenvalue weighted by Gasteiger charge is -2.11. The molecular weight excluding hydrogens is 238 g/mol. The van der Waals surface area contributed by atoms with Gasteiger partial charge in [0.1, 0.15) is 6.10 Å². The van der Waals surface area contributed by atoms with E-state index in [0.29, 0.717) is 13.1 Å². The molecule has 1 saturated heterocycles. The number of thiazole rings is 1. The molecule has 6 heteroatoms. The van der Waals surface area contributed by atoms with E-state index in [2.05, 4.69) is 10.3 Å². The maximum absolute atomic E-state index is 11.8. The van der Waals surface area contributed by atoms with Gasteiger partial charge in [-0.3, -0.25) is 4.79 Å². The Bertz CT molecular complexity index is 394. The van der Waals surface area contributed by atoms with E-state index in [0.717, 1.165) is 22.7 Å². The molecule has 94 valence electrons. The summed E-state index contributed by atoms with van der Waals surface area (Å²) in [6.07, 6.45) is 3.12. The molecule has 0 aliphatic carbocycles. The minimum atomic E-state index is -0.336. The highest BCUT2D eigenvalue weighted by molar-refractivity contribution is 7.11. The molecular formula is C11H17N3O2S. The highest BCUT2D eigenvalue weighted by atomic mass is 32.1. The highest BCUT2D eigenvalue weighted by Gasteiger charge is 2.29. The van der Waals surface area contributed by atoms with Crippen molar-refractivity contribution in [2.45, 2.75) is 38.5 Å². The van der Waals surface area contributed by atoms with Crippen LogP contribution in [0.15, 0.2) is 6.20 Å². The lowest BCUT2D eigenvalue weighted by molar-refractivity contribution is -0.132. The van der Waals surface area contributed by atoms with Gasteiger partial charge in [0.25, 0.3) is 0 Å². The molecule has 0 spiro atoms. The van der Waals surface area contributed by atoms with Crippen LogP contribution in [0.4, 0.5) is 0 Å². The largest absolute Gasteiger partial charge is 0.364 e. The van der Waals surface area contributed by atoms with Crippen molar-refractivity contribution in [2.24, 2.45) is 5.73 Å². The Morgan fingerprint density at radius 1 is 1.71 bits per heavy atom. The van der Waals surface area contributed by atoms with Gasteiger partial charge in [0.15, 0.2) is 0 Å². The van der Waals surface area contributed by atoms with Gasteiger partial charge in [-0.15, -0.1) is 11.3 Å². The van der Waals surface area contributed by atoms with Crippen molar-refractivity contribution in [3.05, 3.63) is 16.1 Å². The van der Waals surface area contributed by atoms with Crippen LogP contribution >= 0.6 is 11.3 Å². The molecule has 0 unspecified atom stereocenters. The summed E-state index contributed by atoms with van der Waals surface area (Å²) in [7, 11) is 0. The van der Waals surface area contributed by atoms with Crippen molar-refractivity contribution in [1.82, 2.24) is 10.3 Å². The number of carbonyl (C=O) groups excluding carboxylic acids is 1. The quantitative estimate of drug-likeness (QED) is 0.825. The summed E-state index contributed by atoms with van der Waals surface area (Å²) in [5, 5.41) is 3.87. The van der Waals surface area contributed by atoms with Gasteiger partial charge >= 0.3 is 0 Å². The maximum atomic E-state index is 11.8. The van der Waals surface area contributed by atoms with Crippen LogP contribution in [0.25, 0.3) is 0 Å². The van der Waals surface area contributed by atoms with Crippen LogP contribution in [0.1, 0.15) is 22.7 Å². The van der Waals surface area contributed by atoms with Gasteiger partial charge in [-0.05, 0) is 19.8 Å². The van der Waals surface area contributed by atoms with Crippen molar-refractivity contribution in [3.63, 3.8) is 0 Å². The molecule has 2 rings (SSSR count). The van der Waals surface area contributed by atoms with Gasteiger partial charge in [0, 0.05) is 17.6 Å². The Balaban J connectivity index is 1.78. The Hall–Kier alpha value is -0.980. The summed E-state index contributed by atoms with van der Waals surface area (Å²) in [6, 6.07) is 0. The Morgan fingerprint density at radius 2 is 2.53 bits per heavy atom. The molecule has 0 aromatic carbocycles. The molecule has 1 aliphatic heterocycles. The zero-order chi connectivity index (χ0) is 12.3. The molecule has 1 aromatic rings. The number of nitrogens with one attached hydrogen (secondary N) is 1. The zero-order valence-corrected chi connectivity index (χ0v) is 10.6. The minimum Gasteiger partial charge on any atom is -0.364 e. The highest BCUT2D eigenvalue weighted by Crippen LogP contribution is 2.19. The second kappa shape index (κ2) is 5.57. The van der Waals surface area contributed by atoms with E-state index >= 15 is 0 Å². The molecule has 1 aromatic heterocycles. The molecule has 0 radical (unpaired) electrons. The number of amides is 1. The summed E-state index contributed by atoms with van der Waals surface area (Å²) in [4.78, 5) is 17.0. The average molecular weight is 255 g/mol. The first-order valence-electron chi connectivity index (χ1n) is 5.73. The third kappa shape index (κ3) is 3.24. The molecule has 1 amide bonds. The third-order valence-corrected chi connectivity index (χ3v) is 3.68. The smallest absolute Gasteiger partial charge is 0.249 e. The molecule has 1 fully saturated rings. The predicted molar refractivity (Wildman–Crippen MR) is 65.6 cm³/mol. The van der Waals surface area contributed by atoms with E-state index in [4.69, 9.17) is 10.5 Å². The summed E-state index contributed by atoms with van der Waals surface area (Å²) in [5.74, 6) is -0.0491. The molecule has 2 atom stereocenters. The molecule has 2 heterocycles. The van der Waals surface area contributed by atoms with Crippen LogP contribution in [0.3, 0.4) is 0 Å². The molecule has 5 nitrogen and oxygen atoms in total. The average Bonchev–Trinajstić information content (AvgIpc) is 2.94. The van der Waals surface area contributed by atoms with Gasteiger partial charge in [-0.1, -0.05) is 0 Å². The molecule has 17 heavy (non-hydrogen) atoms. The summed E-state index contributed by atoms with van der Waals surface area (Å²) in [6.45, 7) is 2.96. The van der Waals surface area contributed by atoms with Crippen LogP contribution in [0.2, 0.25) is 0 Å². The first-order chi connectivity index (χ1) is 8.19. The summed E-state index contributed by atoms with van der Waals surface area (Å²) >= 11 is 1.59. The van der Waals surface area contributed by atoms with Crippen LogP contribution in [0, 0.1) is 6.92 Å². The fourth-order valence-electron chi connectivity index (χ4n) is 1.85. The standard InChI is InChI=1S/C11H17N3O2S/c1-7-13-5-9(17-7)6-14-11(15)10-3-2-8(4-12)16-10/h5,8,10H,2-4,6,12H2,1H3,(H,14,15)/t8-,10+/m1/s1. The Morgan fingerprint density at radius 3 is 3.12 bits per heavy atom. The van der Waals surface area contributed by atoms with E-state index < -0.39 is 0 Å². The van der Waals surface area contributed by atoms with Crippen molar-refractivity contribution in [3.8, 4) is 0 Å². The van der Waals surface area contributed by atoms with E-state index in [1.807, 2.05) is 6.92 Å². The number of rotatable bonds is 4. The lowest BCUT2D eigenvalue weighted by Crippen LogP contribution is -2.34. The number of aryl methyl sites for hydroxylation is 1. The van der Waals surface area contributed by atoms with Crippen molar-refractivity contribution >= 4 is 17.2 Å².